The fraction of sp³-hybridized carbons (Fsp3) is 0.320. The maximum absolute atomic E-state index is 13.3. The monoisotopic (exact) mass is 483 g/mol. The van der Waals surface area contributed by atoms with Gasteiger partial charge in [0.25, 0.3) is 0 Å². The van der Waals surface area contributed by atoms with Crippen LogP contribution >= 0.6 is 0 Å². The number of anilines is 1. The van der Waals surface area contributed by atoms with Gasteiger partial charge in [0.05, 0.1) is 23.4 Å². The Morgan fingerprint density at radius 3 is 2.54 bits per heavy atom. The molecule has 0 spiro atoms. The van der Waals surface area contributed by atoms with Gasteiger partial charge in [-0.1, -0.05) is 36.8 Å². The number of fused-ring (bicyclic) bond motifs is 1. The second-order valence-corrected chi connectivity index (χ2v) is 8.62. The van der Waals surface area contributed by atoms with Crippen molar-refractivity contribution < 1.29 is 22.4 Å². The molecule has 10 heteroatoms. The molecule has 4 aromatic rings. The first-order chi connectivity index (χ1) is 16.9. The summed E-state index contributed by atoms with van der Waals surface area (Å²) in [6.07, 6.45) is 0.702. The summed E-state index contributed by atoms with van der Waals surface area (Å²) in [5, 5.41) is 11.6. The number of rotatable bonds is 6. The minimum atomic E-state index is -4.57. The fourth-order valence-corrected chi connectivity index (χ4v) is 4.47. The van der Waals surface area contributed by atoms with E-state index in [-0.39, 0.29) is 12.2 Å². The summed E-state index contributed by atoms with van der Waals surface area (Å²) >= 11 is 0. The Morgan fingerprint density at radius 1 is 1.00 bits per heavy atom. The Kier molecular flexibility index (Phi) is 6.29. The Bertz CT molecular complexity index is 1340. The van der Waals surface area contributed by atoms with E-state index in [4.69, 9.17) is 4.42 Å². The molecule has 1 N–H and O–H groups in total. The van der Waals surface area contributed by atoms with E-state index in [1.54, 1.807) is 10.8 Å². The van der Waals surface area contributed by atoms with Crippen molar-refractivity contribution in [3.63, 3.8) is 0 Å². The van der Waals surface area contributed by atoms with Crippen LogP contribution in [0, 0.1) is 0 Å². The van der Waals surface area contributed by atoms with Crippen molar-refractivity contribution in [1.29, 1.82) is 0 Å². The fourth-order valence-electron chi connectivity index (χ4n) is 4.47. The normalized spacial score (nSPS) is 14.9. The van der Waals surface area contributed by atoms with Gasteiger partial charge in [-0.3, -0.25) is 9.69 Å². The number of hydrogen-bond acceptors (Lipinski definition) is 5. The van der Waals surface area contributed by atoms with E-state index in [1.807, 2.05) is 24.3 Å². The zero-order chi connectivity index (χ0) is 24.4. The van der Waals surface area contributed by atoms with Crippen molar-refractivity contribution in [3.8, 4) is 11.5 Å². The summed E-state index contributed by atoms with van der Waals surface area (Å²) < 4.78 is 47.5. The number of likely N-dealkylation sites (tertiary alicyclic amines) is 1. The molecule has 0 radical (unpaired) electrons. The molecule has 35 heavy (non-hydrogen) atoms. The van der Waals surface area contributed by atoms with Crippen LogP contribution in [0.5, 0.6) is 0 Å². The smallest absolute Gasteiger partial charge is 0.418 e. The van der Waals surface area contributed by atoms with Gasteiger partial charge in [0.15, 0.2) is 0 Å². The number of benzene rings is 2. The molecule has 1 aliphatic heterocycles. The van der Waals surface area contributed by atoms with Crippen LogP contribution in [-0.2, 0) is 24.1 Å². The lowest BCUT2D eigenvalue weighted by molar-refractivity contribution is -0.137. The molecule has 1 fully saturated rings. The molecule has 0 unspecified atom stereocenters. The number of alkyl halides is 3. The highest BCUT2D eigenvalue weighted by Crippen LogP contribution is 2.35. The van der Waals surface area contributed by atoms with Crippen LogP contribution in [-0.4, -0.2) is 38.7 Å². The molecule has 7 nitrogen and oxygen atoms in total. The Labute approximate surface area is 199 Å². The molecule has 5 rings (SSSR count). The lowest BCUT2D eigenvalue weighted by atomic mass is 10.1. The number of hydrogen-bond donors (Lipinski definition) is 1. The quantitative estimate of drug-likeness (QED) is 0.401. The molecule has 1 saturated heterocycles. The molecule has 182 valence electrons. The summed E-state index contributed by atoms with van der Waals surface area (Å²) in [4.78, 5) is 15.0. The van der Waals surface area contributed by atoms with E-state index >= 15 is 0 Å². The Balaban J connectivity index is 1.38. The summed E-state index contributed by atoms with van der Waals surface area (Å²) in [6.45, 7) is 2.42. The number of nitrogens with one attached hydrogen (secondary N) is 1. The van der Waals surface area contributed by atoms with Crippen LogP contribution in [0.4, 0.5) is 18.9 Å². The number of carbonyl (C=O) groups is 1. The topological polar surface area (TPSA) is 76.2 Å². The Hall–Kier alpha value is -3.66. The standard InChI is InChI=1S/C25H24F3N5O2/c26-25(27,28)19-9-3-4-10-20(19)29-22(34)15-33-14-18(17-8-2-5-11-21(17)33)24-31-30-23(35-24)16-32-12-6-1-7-13-32/h2-5,8-11,14H,1,6-7,12-13,15-16H2,(H,29,34). The van der Waals surface area contributed by atoms with Gasteiger partial charge in [-0.15, -0.1) is 10.2 Å². The number of aromatic nitrogens is 3. The van der Waals surface area contributed by atoms with Crippen LogP contribution in [0.3, 0.4) is 0 Å². The SMILES string of the molecule is O=C(Cn1cc(-c2nnc(CN3CCCCC3)o2)c2ccccc21)Nc1ccccc1C(F)(F)F. The van der Waals surface area contributed by atoms with Gasteiger partial charge >= 0.3 is 6.18 Å². The third-order valence-corrected chi connectivity index (χ3v) is 6.11. The van der Waals surface area contributed by atoms with E-state index in [9.17, 15) is 18.0 Å². The Morgan fingerprint density at radius 2 is 1.74 bits per heavy atom. The number of amides is 1. The van der Waals surface area contributed by atoms with E-state index < -0.39 is 17.6 Å². The van der Waals surface area contributed by atoms with Gasteiger partial charge in [-0.05, 0) is 44.1 Å². The van der Waals surface area contributed by atoms with E-state index in [2.05, 4.69) is 20.4 Å². The predicted molar refractivity (Wildman–Crippen MR) is 124 cm³/mol. The van der Waals surface area contributed by atoms with Crippen molar-refractivity contribution in [1.82, 2.24) is 19.7 Å². The first-order valence-electron chi connectivity index (χ1n) is 11.5. The lowest BCUT2D eigenvalue weighted by Gasteiger charge is -2.24. The second kappa shape index (κ2) is 9.53. The van der Waals surface area contributed by atoms with Crippen molar-refractivity contribution in [2.45, 2.75) is 38.5 Å². The second-order valence-electron chi connectivity index (χ2n) is 8.62. The van der Waals surface area contributed by atoms with Crippen LogP contribution in [0.2, 0.25) is 0 Å². The van der Waals surface area contributed by atoms with Crippen molar-refractivity contribution in [2.24, 2.45) is 0 Å². The van der Waals surface area contributed by atoms with Crippen molar-refractivity contribution >= 4 is 22.5 Å². The van der Waals surface area contributed by atoms with Crippen LogP contribution in [0.25, 0.3) is 22.4 Å². The van der Waals surface area contributed by atoms with Crippen LogP contribution < -0.4 is 5.32 Å². The van der Waals surface area contributed by atoms with Gasteiger partial charge in [-0.25, -0.2) is 0 Å². The number of nitrogens with zero attached hydrogens (tertiary/aromatic N) is 4. The molecule has 2 aromatic carbocycles. The molecule has 0 saturated carbocycles. The van der Waals surface area contributed by atoms with Gasteiger partial charge < -0.3 is 14.3 Å². The molecule has 3 heterocycles. The molecule has 1 amide bonds. The minimum absolute atomic E-state index is 0.179. The number of halogens is 3. The first kappa shape index (κ1) is 23.1. The number of para-hydroxylation sites is 2. The molecule has 0 bridgehead atoms. The van der Waals surface area contributed by atoms with Gasteiger partial charge in [-0.2, -0.15) is 13.2 Å². The van der Waals surface area contributed by atoms with E-state index in [0.717, 1.165) is 42.9 Å². The van der Waals surface area contributed by atoms with Gasteiger partial charge in [0.1, 0.15) is 6.54 Å². The van der Waals surface area contributed by atoms with Gasteiger partial charge in [0, 0.05) is 17.1 Å². The summed E-state index contributed by atoms with van der Waals surface area (Å²) in [7, 11) is 0. The number of carbonyl (C=O) groups excluding carboxylic acids is 1. The molecular weight excluding hydrogens is 459 g/mol. The highest BCUT2D eigenvalue weighted by molar-refractivity contribution is 5.97. The van der Waals surface area contributed by atoms with Crippen molar-refractivity contribution in [2.75, 3.05) is 18.4 Å². The maximum Gasteiger partial charge on any atom is 0.418 e. The molecule has 1 aliphatic rings. The average molecular weight is 483 g/mol. The molecule has 2 aromatic heterocycles. The van der Waals surface area contributed by atoms with Crippen molar-refractivity contribution in [3.05, 3.63) is 66.2 Å². The summed E-state index contributed by atoms with van der Waals surface area (Å²) in [5.41, 5.74) is 0.235. The first-order valence-corrected chi connectivity index (χ1v) is 11.5. The number of piperidine rings is 1. The minimum Gasteiger partial charge on any atom is -0.419 e. The maximum atomic E-state index is 13.3. The third kappa shape index (κ3) is 5.07. The average Bonchev–Trinajstić information content (AvgIpc) is 3.44. The van der Waals surface area contributed by atoms with E-state index in [0.29, 0.717) is 23.9 Å². The summed E-state index contributed by atoms with van der Waals surface area (Å²) in [6, 6.07) is 12.3. The highest BCUT2D eigenvalue weighted by atomic mass is 19.4. The highest BCUT2D eigenvalue weighted by Gasteiger charge is 2.33. The molecule has 0 atom stereocenters. The molecule has 0 aliphatic carbocycles. The predicted octanol–water partition coefficient (Wildman–Crippen LogP) is 5.33. The van der Waals surface area contributed by atoms with E-state index in [1.165, 1.54) is 24.6 Å². The largest absolute Gasteiger partial charge is 0.419 e. The van der Waals surface area contributed by atoms with Gasteiger partial charge in [0.2, 0.25) is 17.7 Å². The summed E-state index contributed by atoms with van der Waals surface area (Å²) in [5.74, 6) is 0.292. The third-order valence-electron chi connectivity index (χ3n) is 6.11. The lowest BCUT2D eigenvalue weighted by Crippen LogP contribution is -2.29. The molecular formula is C25H24F3N5O2. The van der Waals surface area contributed by atoms with Crippen LogP contribution in [0.1, 0.15) is 30.7 Å². The zero-order valence-electron chi connectivity index (χ0n) is 18.9. The van der Waals surface area contributed by atoms with Crippen LogP contribution in [0.15, 0.2) is 59.1 Å². The zero-order valence-corrected chi connectivity index (χ0v) is 18.9.